The molecule has 1 fully saturated rings. The number of nitrogens with zero attached hydrogens (tertiary/aromatic N) is 3. The minimum absolute atomic E-state index is 0. The molecule has 0 amide bonds. The number of hydrogen-bond acceptors (Lipinski definition) is 4. The van der Waals surface area contributed by atoms with E-state index in [2.05, 4.69) is 52.4 Å². The number of pyridine rings is 1. The Morgan fingerprint density at radius 2 is 1.79 bits per heavy atom. The second-order valence-electron chi connectivity index (χ2n) is 6.91. The lowest BCUT2D eigenvalue weighted by molar-refractivity contribution is 0.402. The molecule has 0 atom stereocenters. The van der Waals surface area contributed by atoms with Crippen LogP contribution in [0.5, 0.6) is 5.88 Å². The third-order valence-electron chi connectivity index (χ3n) is 5.12. The van der Waals surface area contributed by atoms with Crippen LogP contribution in [0, 0.1) is 0 Å². The average Bonchev–Trinajstić information content (AvgIpc) is 3.58. The molecule has 1 aliphatic carbocycles. The smallest absolute Gasteiger partial charge is 0.224 e. The highest BCUT2D eigenvalue weighted by molar-refractivity contribution is 5.91. The zero-order chi connectivity index (χ0) is 18.2. The van der Waals surface area contributed by atoms with Gasteiger partial charge in [0.15, 0.2) is 0 Å². The van der Waals surface area contributed by atoms with E-state index in [-0.39, 0.29) is 12.4 Å². The van der Waals surface area contributed by atoms with E-state index in [9.17, 15) is 0 Å². The molecular formula is C23H20ClN3O. The fourth-order valence-electron chi connectivity index (χ4n) is 3.59. The molecule has 1 saturated carbocycles. The van der Waals surface area contributed by atoms with Crippen LogP contribution >= 0.6 is 12.4 Å². The van der Waals surface area contributed by atoms with Crippen LogP contribution in [0.4, 0.5) is 0 Å². The van der Waals surface area contributed by atoms with Gasteiger partial charge in [-0.3, -0.25) is 4.98 Å². The molecule has 4 nitrogen and oxygen atoms in total. The first kappa shape index (κ1) is 18.4. The standard InChI is InChI=1S/C23H19N3O.ClH/c1-27-23-20-13-17(9-10-21(20)25-14-26-23)19-6-3-11-24-22(19)18-5-2-4-16(12-18)15-7-8-15;/h2-6,9-15H,7-8H2,1H3;1H. The van der Waals surface area contributed by atoms with Crippen molar-refractivity contribution in [3.63, 3.8) is 0 Å². The Hall–Kier alpha value is -2.98. The molecule has 0 aliphatic heterocycles. The van der Waals surface area contributed by atoms with Gasteiger partial charge < -0.3 is 4.74 Å². The van der Waals surface area contributed by atoms with Crippen molar-refractivity contribution < 1.29 is 4.74 Å². The third kappa shape index (κ3) is 3.32. The molecule has 2 aromatic carbocycles. The van der Waals surface area contributed by atoms with Crippen molar-refractivity contribution in [2.45, 2.75) is 18.8 Å². The quantitative estimate of drug-likeness (QED) is 0.451. The summed E-state index contributed by atoms with van der Waals surface area (Å²) >= 11 is 0. The predicted molar refractivity (Wildman–Crippen MR) is 114 cm³/mol. The van der Waals surface area contributed by atoms with Crippen molar-refractivity contribution in [2.75, 3.05) is 7.11 Å². The van der Waals surface area contributed by atoms with Gasteiger partial charge in [0.1, 0.15) is 6.33 Å². The van der Waals surface area contributed by atoms with E-state index in [0.717, 1.165) is 39.2 Å². The Balaban J connectivity index is 0.00000192. The Labute approximate surface area is 170 Å². The fourth-order valence-corrected chi connectivity index (χ4v) is 3.59. The number of hydrogen-bond donors (Lipinski definition) is 0. The highest BCUT2D eigenvalue weighted by Crippen LogP contribution is 2.42. The Morgan fingerprint density at radius 3 is 2.61 bits per heavy atom. The molecule has 4 aromatic rings. The van der Waals surface area contributed by atoms with E-state index in [4.69, 9.17) is 9.72 Å². The maximum atomic E-state index is 5.42. The van der Waals surface area contributed by atoms with Crippen molar-refractivity contribution in [1.29, 1.82) is 0 Å². The molecular weight excluding hydrogens is 370 g/mol. The van der Waals surface area contributed by atoms with Crippen molar-refractivity contribution in [1.82, 2.24) is 15.0 Å². The molecule has 28 heavy (non-hydrogen) atoms. The van der Waals surface area contributed by atoms with E-state index in [1.54, 1.807) is 7.11 Å². The zero-order valence-electron chi connectivity index (χ0n) is 15.5. The van der Waals surface area contributed by atoms with Crippen LogP contribution in [0.2, 0.25) is 0 Å². The monoisotopic (exact) mass is 389 g/mol. The molecule has 140 valence electrons. The normalized spacial score (nSPS) is 13.2. The summed E-state index contributed by atoms with van der Waals surface area (Å²) < 4.78 is 5.42. The number of benzene rings is 2. The Morgan fingerprint density at radius 1 is 0.893 bits per heavy atom. The summed E-state index contributed by atoms with van der Waals surface area (Å²) in [5.74, 6) is 1.31. The first-order chi connectivity index (χ1) is 13.3. The number of fused-ring (bicyclic) bond motifs is 1. The summed E-state index contributed by atoms with van der Waals surface area (Å²) in [5, 5.41) is 0.902. The lowest BCUT2D eigenvalue weighted by Crippen LogP contribution is -1.93. The first-order valence-corrected chi connectivity index (χ1v) is 9.18. The largest absolute Gasteiger partial charge is 0.480 e. The number of rotatable bonds is 4. The Bertz CT molecular complexity index is 1140. The average molecular weight is 390 g/mol. The van der Waals surface area contributed by atoms with Gasteiger partial charge >= 0.3 is 0 Å². The number of aromatic nitrogens is 3. The van der Waals surface area contributed by atoms with E-state index < -0.39 is 0 Å². The lowest BCUT2D eigenvalue weighted by Gasteiger charge is -2.11. The summed E-state index contributed by atoms with van der Waals surface area (Å²) in [6.45, 7) is 0. The molecule has 0 saturated heterocycles. The van der Waals surface area contributed by atoms with Gasteiger partial charge in [-0.15, -0.1) is 12.4 Å². The maximum Gasteiger partial charge on any atom is 0.224 e. The number of halogens is 1. The van der Waals surface area contributed by atoms with Crippen LogP contribution in [0.3, 0.4) is 0 Å². The summed E-state index contributed by atoms with van der Waals surface area (Å²) in [4.78, 5) is 13.3. The van der Waals surface area contributed by atoms with E-state index in [1.807, 2.05) is 18.3 Å². The van der Waals surface area contributed by atoms with Crippen molar-refractivity contribution >= 4 is 23.3 Å². The first-order valence-electron chi connectivity index (χ1n) is 9.18. The van der Waals surface area contributed by atoms with Gasteiger partial charge in [-0.2, -0.15) is 0 Å². The maximum absolute atomic E-state index is 5.42. The molecule has 1 aliphatic rings. The van der Waals surface area contributed by atoms with Crippen LogP contribution in [-0.4, -0.2) is 22.1 Å². The van der Waals surface area contributed by atoms with Gasteiger partial charge in [0.05, 0.1) is 23.7 Å². The molecule has 0 N–H and O–H groups in total. The molecule has 5 heteroatoms. The van der Waals surface area contributed by atoms with Crippen LogP contribution < -0.4 is 4.74 Å². The fraction of sp³-hybridized carbons (Fsp3) is 0.174. The predicted octanol–water partition coefficient (Wildman–Crippen LogP) is 5.67. The second kappa shape index (κ2) is 7.56. The zero-order valence-corrected chi connectivity index (χ0v) is 16.3. The van der Waals surface area contributed by atoms with Crippen molar-refractivity contribution in [3.05, 3.63) is 72.7 Å². The lowest BCUT2D eigenvalue weighted by atomic mass is 9.96. The molecule has 0 radical (unpaired) electrons. The molecule has 2 heterocycles. The highest BCUT2D eigenvalue weighted by Gasteiger charge is 2.23. The summed E-state index contributed by atoms with van der Waals surface area (Å²) in [7, 11) is 1.63. The number of ether oxygens (including phenoxy) is 1. The molecule has 5 rings (SSSR count). The summed E-state index contributed by atoms with van der Waals surface area (Å²) in [6, 6.07) is 19.1. The SMILES string of the molecule is COc1ncnc2ccc(-c3cccnc3-c3cccc(C4CC4)c3)cc12.Cl. The molecule has 0 unspecified atom stereocenters. The van der Waals surface area contributed by atoms with Gasteiger partial charge in [0, 0.05) is 17.3 Å². The van der Waals surface area contributed by atoms with Gasteiger partial charge in [-0.1, -0.05) is 30.3 Å². The van der Waals surface area contributed by atoms with Crippen LogP contribution in [-0.2, 0) is 0 Å². The van der Waals surface area contributed by atoms with Crippen LogP contribution in [0.1, 0.15) is 24.3 Å². The van der Waals surface area contributed by atoms with Gasteiger partial charge in [-0.05, 0) is 54.2 Å². The van der Waals surface area contributed by atoms with Gasteiger partial charge in [-0.25, -0.2) is 9.97 Å². The van der Waals surface area contributed by atoms with Gasteiger partial charge in [0.25, 0.3) is 0 Å². The van der Waals surface area contributed by atoms with Crippen LogP contribution in [0.25, 0.3) is 33.3 Å². The third-order valence-corrected chi connectivity index (χ3v) is 5.12. The molecule has 0 spiro atoms. The van der Waals surface area contributed by atoms with Crippen molar-refractivity contribution in [2.24, 2.45) is 0 Å². The molecule has 2 aromatic heterocycles. The minimum atomic E-state index is 0. The summed E-state index contributed by atoms with van der Waals surface area (Å²) in [6.07, 6.45) is 5.97. The number of methoxy groups -OCH3 is 1. The van der Waals surface area contributed by atoms with Crippen LogP contribution in [0.15, 0.2) is 67.1 Å². The molecule has 0 bridgehead atoms. The topological polar surface area (TPSA) is 47.9 Å². The minimum Gasteiger partial charge on any atom is -0.480 e. The summed E-state index contributed by atoms with van der Waals surface area (Å²) in [5.41, 5.74) is 6.61. The van der Waals surface area contributed by atoms with Gasteiger partial charge in [0.2, 0.25) is 5.88 Å². The van der Waals surface area contributed by atoms with E-state index in [1.165, 1.54) is 24.7 Å². The van der Waals surface area contributed by atoms with E-state index in [0.29, 0.717) is 5.88 Å². The Kier molecular flexibility index (Phi) is 4.97. The van der Waals surface area contributed by atoms with E-state index >= 15 is 0 Å². The van der Waals surface area contributed by atoms with Crippen molar-refractivity contribution in [3.8, 4) is 28.3 Å². The highest BCUT2D eigenvalue weighted by atomic mass is 35.5. The second-order valence-corrected chi connectivity index (χ2v) is 6.91.